The number of ketones is 2. The molecule has 2 aromatic rings. The van der Waals surface area contributed by atoms with Crippen molar-refractivity contribution in [2.45, 2.75) is 30.3 Å². The number of benzene rings is 2. The predicted molar refractivity (Wildman–Crippen MR) is 119 cm³/mol. The highest BCUT2D eigenvalue weighted by Crippen LogP contribution is 2.56. The van der Waals surface area contributed by atoms with Crippen molar-refractivity contribution >= 4 is 32.2 Å². The Kier molecular flexibility index (Phi) is 4.68. The van der Waals surface area contributed by atoms with Crippen LogP contribution in [-0.4, -0.2) is 34.7 Å². The van der Waals surface area contributed by atoms with Gasteiger partial charge in [-0.05, 0) is 25.3 Å². The largest absolute Gasteiger partial charge is 0.294 e. The molecule has 2 aromatic carbocycles. The number of hydrogen-bond donors (Lipinski definition) is 0. The van der Waals surface area contributed by atoms with Crippen LogP contribution in [0.5, 0.6) is 0 Å². The first kappa shape index (κ1) is 20.5. The first-order chi connectivity index (χ1) is 14.8. The summed E-state index contributed by atoms with van der Waals surface area (Å²) in [6.45, 7) is 1.73. The molecule has 0 unspecified atom stereocenters. The zero-order valence-electron chi connectivity index (χ0n) is 17.0. The minimum absolute atomic E-state index is 0.0789. The Labute approximate surface area is 183 Å². The fourth-order valence-electron chi connectivity index (χ4n) is 5.67. The van der Waals surface area contributed by atoms with Crippen molar-refractivity contribution in [1.82, 2.24) is 0 Å². The molecule has 31 heavy (non-hydrogen) atoms. The lowest BCUT2D eigenvalue weighted by molar-refractivity contribution is 0.0713. The molecule has 1 fully saturated rings. The van der Waals surface area contributed by atoms with Gasteiger partial charge in [0.2, 0.25) is 0 Å². The second kappa shape index (κ2) is 7.07. The summed E-state index contributed by atoms with van der Waals surface area (Å²) in [6.07, 6.45) is 0.359. The van der Waals surface area contributed by atoms with Gasteiger partial charge in [0.25, 0.3) is 0 Å². The molecule has 0 spiro atoms. The maximum Gasteiger partial charge on any atom is 0.183 e. The second-order valence-electron chi connectivity index (χ2n) is 8.57. The molecule has 1 aliphatic heterocycles. The summed E-state index contributed by atoms with van der Waals surface area (Å²) in [5.74, 6) is -2.09. The third-order valence-electron chi connectivity index (χ3n) is 6.92. The van der Waals surface area contributed by atoms with E-state index in [9.17, 15) is 22.2 Å². The van der Waals surface area contributed by atoms with Gasteiger partial charge in [-0.3, -0.25) is 13.8 Å². The summed E-state index contributed by atoms with van der Waals surface area (Å²) in [6, 6.07) is 15.8. The van der Waals surface area contributed by atoms with E-state index < -0.39 is 37.2 Å². The molecule has 0 amide bonds. The third-order valence-corrected chi connectivity index (χ3v) is 11.1. The molecule has 0 N–H and O–H groups in total. The maximum atomic E-state index is 14.1. The highest BCUT2D eigenvalue weighted by molar-refractivity contribution is 7.95. The van der Waals surface area contributed by atoms with E-state index in [1.807, 2.05) is 30.3 Å². The van der Waals surface area contributed by atoms with E-state index >= 15 is 0 Å². The fourth-order valence-corrected chi connectivity index (χ4v) is 9.97. The van der Waals surface area contributed by atoms with Gasteiger partial charge >= 0.3 is 0 Å². The van der Waals surface area contributed by atoms with Crippen LogP contribution in [0, 0.1) is 11.8 Å². The standard InChI is InChI=1S/C24H22O5S2/c1-15-13-20-21(25)17-9-5-6-10-18(17)23(26)24(20,19-11-12-31(28,29)22(15)19)30(27)14-16-7-3-2-4-8-16/h2-10,19-20H,11-14H2,1H3/t19-,20+,24+,30-/m0/s1. The van der Waals surface area contributed by atoms with Crippen molar-refractivity contribution in [3.05, 3.63) is 81.8 Å². The van der Waals surface area contributed by atoms with Crippen LogP contribution < -0.4 is 0 Å². The van der Waals surface area contributed by atoms with Crippen LogP contribution in [0.1, 0.15) is 46.0 Å². The topological polar surface area (TPSA) is 85.3 Å². The first-order valence-corrected chi connectivity index (χ1v) is 13.3. The fraction of sp³-hybridized carbons (Fsp3) is 0.333. The highest BCUT2D eigenvalue weighted by Gasteiger charge is 2.66. The molecular weight excluding hydrogens is 432 g/mol. The first-order valence-electron chi connectivity index (χ1n) is 10.3. The predicted octanol–water partition coefficient (Wildman–Crippen LogP) is 3.48. The molecule has 0 aromatic heterocycles. The van der Waals surface area contributed by atoms with Crippen molar-refractivity contribution in [3.8, 4) is 0 Å². The van der Waals surface area contributed by atoms with Crippen molar-refractivity contribution < 1.29 is 22.2 Å². The summed E-state index contributed by atoms with van der Waals surface area (Å²) in [4.78, 5) is 27.9. The Morgan fingerprint density at radius 3 is 2.32 bits per heavy atom. The van der Waals surface area contributed by atoms with Gasteiger partial charge in [0.05, 0.1) is 11.7 Å². The Morgan fingerprint density at radius 2 is 1.61 bits per heavy atom. The van der Waals surface area contributed by atoms with Gasteiger partial charge in [-0.25, -0.2) is 8.42 Å². The van der Waals surface area contributed by atoms with Crippen molar-refractivity contribution in [2.24, 2.45) is 11.8 Å². The molecular formula is C24H22O5S2. The number of sulfone groups is 1. The van der Waals surface area contributed by atoms with Crippen LogP contribution in [0.3, 0.4) is 0 Å². The maximum absolute atomic E-state index is 14.1. The van der Waals surface area contributed by atoms with Gasteiger partial charge in [0, 0.05) is 38.5 Å². The zero-order chi connectivity index (χ0) is 22.0. The number of allylic oxidation sites excluding steroid dienone is 2. The Morgan fingerprint density at radius 1 is 0.968 bits per heavy atom. The average molecular weight is 455 g/mol. The molecule has 0 radical (unpaired) electrons. The van der Waals surface area contributed by atoms with E-state index in [-0.39, 0.29) is 46.4 Å². The van der Waals surface area contributed by atoms with Crippen molar-refractivity contribution in [2.75, 3.05) is 5.75 Å². The second-order valence-corrected chi connectivity index (χ2v) is 12.3. The number of hydrogen-bond acceptors (Lipinski definition) is 5. The van der Waals surface area contributed by atoms with Crippen molar-refractivity contribution in [3.63, 3.8) is 0 Å². The molecule has 7 heteroatoms. The smallest absolute Gasteiger partial charge is 0.183 e. The lowest BCUT2D eigenvalue weighted by atomic mass is 9.62. The summed E-state index contributed by atoms with van der Waals surface area (Å²) in [7, 11) is -5.31. The van der Waals surface area contributed by atoms with Gasteiger partial charge in [-0.15, -0.1) is 0 Å². The van der Waals surface area contributed by atoms with Crippen LogP contribution >= 0.6 is 0 Å². The minimum Gasteiger partial charge on any atom is -0.294 e. The SMILES string of the molecule is CC1=C2[C@H](CCS2(=O)=O)[C@]2([S@@](=O)Cc3ccccc3)C(=O)c3ccccc3C(=O)[C@H]2C1. The average Bonchev–Trinajstić information content (AvgIpc) is 3.09. The highest BCUT2D eigenvalue weighted by atomic mass is 32.2. The number of carbonyl (C=O) groups excluding carboxylic acids is 2. The van der Waals surface area contributed by atoms with E-state index in [0.717, 1.165) is 5.56 Å². The number of Topliss-reactive ketones (excluding diaryl/α,β-unsaturated/α-hetero) is 2. The number of fused-ring (bicyclic) bond motifs is 4. The molecule has 4 atom stereocenters. The Bertz CT molecular complexity index is 1280. The molecule has 0 saturated carbocycles. The van der Waals surface area contributed by atoms with Gasteiger partial charge in [-0.1, -0.05) is 60.2 Å². The molecule has 1 heterocycles. The van der Waals surface area contributed by atoms with Crippen LogP contribution in [0.2, 0.25) is 0 Å². The molecule has 5 nitrogen and oxygen atoms in total. The summed E-state index contributed by atoms with van der Waals surface area (Å²) in [5.41, 5.74) is 2.03. The van der Waals surface area contributed by atoms with Gasteiger partial charge in [0.1, 0.15) is 4.75 Å². The summed E-state index contributed by atoms with van der Waals surface area (Å²) in [5, 5.41) is 0. The van der Waals surface area contributed by atoms with Crippen LogP contribution in [0.15, 0.2) is 65.1 Å². The van der Waals surface area contributed by atoms with E-state index in [4.69, 9.17) is 0 Å². The third kappa shape index (κ3) is 2.79. The lowest BCUT2D eigenvalue weighted by Gasteiger charge is -2.48. The Hall–Kier alpha value is -2.38. The summed E-state index contributed by atoms with van der Waals surface area (Å²) < 4.78 is 38.3. The van der Waals surface area contributed by atoms with Crippen LogP contribution in [-0.2, 0) is 26.4 Å². The Balaban J connectivity index is 1.76. The molecule has 0 bridgehead atoms. The van der Waals surface area contributed by atoms with Gasteiger partial charge in [0.15, 0.2) is 21.4 Å². The normalized spacial score (nSPS) is 29.8. The number of carbonyl (C=O) groups is 2. The zero-order valence-corrected chi connectivity index (χ0v) is 18.7. The summed E-state index contributed by atoms with van der Waals surface area (Å²) >= 11 is 0. The molecule has 5 rings (SSSR count). The van der Waals surface area contributed by atoms with E-state index in [1.165, 1.54) is 0 Å². The van der Waals surface area contributed by atoms with E-state index in [2.05, 4.69) is 0 Å². The van der Waals surface area contributed by atoms with E-state index in [1.54, 1.807) is 31.2 Å². The quantitative estimate of drug-likeness (QED) is 0.709. The van der Waals surface area contributed by atoms with Crippen molar-refractivity contribution in [1.29, 1.82) is 0 Å². The minimum atomic E-state index is -3.53. The van der Waals surface area contributed by atoms with E-state index in [0.29, 0.717) is 11.1 Å². The van der Waals surface area contributed by atoms with Gasteiger partial charge < -0.3 is 0 Å². The monoisotopic (exact) mass is 454 g/mol. The van der Waals surface area contributed by atoms with Crippen LogP contribution in [0.4, 0.5) is 0 Å². The molecule has 2 aliphatic carbocycles. The van der Waals surface area contributed by atoms with Crippen LogP contribution in [0.25, 0.3) is 0 Å². The molecule has 160 valence electrons. The van der Waals surface area contributed by atoms with Gasteiger partial charge in [-0.2, -0.15) is 0 Å². The lowest BCUT2D eigenvalue weighted by Crippen LogP contribution is -2.62. The number of rotatable bonds is 3. The molecule has 3 aliphatic rings. The molecule has 1 saturated heterocycles.